The Balaban J connectivity index is 1.85. The topological polar surface area (TPSA) is 47.0 Å². The van der Waals surface area contributed by atoms with Crippen molar-refractivity contribution in [1.82, 2.24) is 4.98 Å². The molecule has 1 aromatic heterocycles. The molecule has 22 heavy (non-hydrogen) atoms. The molecule has 0 N–H and O–H groups in total. The van der Waals surface area contributed by atoms with Crippen molar-refractivity contribution in [1.29, 1.82) is 0 Å². The smallest absolute Gasteiger partial charge is 0.206 e. The molecule has 0 unspecified atom stereocenters. The van der Waals surface area contributed by atoms with Gasteiger partial charge in [-0.25, -0.2) is 13.4 Å². The molecule has 0 radical (unpaired) electrons. The fourth-order valence-corrected chi connectivity index (χ4v) is 4.42. The van der Waals surface area contributed by atoms with Crippen LogP contribution in [0.25, 0.3) is 0 Å². The minimum absolute atomic E-state index is 0.307. The molecule has 3 nitrogen and oxygen atoms in total. The molecule has 0 saturated carbocycles. The van der Waals surface area contributed by atoms with Crippen LogP contribution in [0.5, 0.6) is 0 Å². The van der Waals surface area contributed by atoms with Crippen molar-refractivity contribution >= 4 is 37.1 Å². The Hall–Kier alpha value is -1.50. The highest BCUT2D eigenvalue weighted by Crippen LogP contribution is 2.22. The number of sulfone groups is 1. The number of rotatable bonds is 4. The number of hydrogen-bond acceptors (Lipinski definition) is 4. The molecule has 0 fully saturated rings. The van der Waals surface area contributed by atoms with Crippen LogP contribution in [0.2, 0.25) is 0 Å². The minimum atomic E-state index is -3.45. The first-order valence-corrected chi connectivity index (χ1v) is 9.70. The van der Waals surface area contributed by atoms with Crippen LogP contribution in [0.15, 0.2) is 73.7 Å². The van der Waals surface area contributed by atoms with Crippen molar-refractivity contribution < 1.29 is 8.42 Å². The van der Waals surface area contributed by atoms with Gasteiger partial charge in [0.15, 0.2) is 3.92 Å². The van der Waals surface area contributed by atoms with E-state index in [0.717, 1.165) is 15.2 Å². The van der Waals surface area contributed by atoms with Gasteiger partial charge in [0.2, 0.25) is 9.84 Å². The zero-order valence-electron chi connectivity index (χ0n) is 11.4. The van der Waals surface area contributed by atoms with Gasteiger partial charge in [0.05, 0.1) is 15.5 Å². The zero-order valence-corrected chi connectivity index (χ0v) is 14.7. The van der Waals surface area contributed by atoms with Gasteiger partial charge < -0.3 is 0 Å². The van der Waals surface area contributed by atoms with Crippen LogP contribution >= 0.6 is 27.3 Å². The number of halogens is 1. The maximum absolute atomic E-state index is 12.5. The van der Waals surface area contributed by atoms with E-state index in [9.17, 15) is 8.42 Å². The monoisotopic (exact) mass is 393 g/mol. The molecular weight excluding hydrogens is 382 g/mol. The zero-order chi connectivity index (χ0) is 15.6. The lowest BCUT2D eigenvalue weighted by molar-refractivity contribution is 0.596. The number of benzene rings is 2. The molecule has 112 valence electrons. The average Bonchev–Trinajstić information content (AvgIpc) is 2.94. The minimum Gasteiger partial charge on any atom is -0.234 e. The van der Waals surface area contributed by atoms with Crippen LogP contribution < -0.4 is 0 Å². The second kappa shape index (κ2) is 6.32. The maximum atomic E-state index is 12.5. The Bertz CT molecular complexity index is 872. The van der Waals surface area contributed by atoms with Gasteiger partial charge in [0.1, 0.15) is 0 Å². The summed E-state index contributed by atoms with van der Waals surface area (Å²) in [5.41, 5.74) is 2.00. The fourth-order valence-electron chi connectivity index (χ4n) is 2.09. The first kappa shape index (κ1) is 15.4. The summed E-state index contributed by atoms with van der Waals surface area (Å²) in [6, 6.07) is 15.4. The van der Waals surface area contributed by atoms with Crippen LogP contribution in [0.4, 0.5) is 0 Å². The second-order valence-corrected chi connectivity index (χ2v) is 8.81. The third-order valence-electron chi connectivity index (χ3n) is 3.20. The van der Waals surface area contributed by atoms with Gasteiger partial charge in [-0.1, -0.05) is 30.3 Å². The van der Waals surface area contributed by atoms with Gasteiger partial charge >= 0.3 is 0 Å². The van der Waals surface area contributed by atoms with Crippen LogP contribution in [0.1, 0.15) is 11.3 Å². The van der Waals surface area contributed by atoms with E-state index in [0.29, 0.717) is 16.2 Å². The molecule has 0 atom stereocenters. The Morgan fingerprint density at radius 3 is 2.18 bits per heavy atom. The normalized spacial score (nSPS) is 11.5. The standard InChI is InChI=1S/C16H12BrNO2S2/c17-16-18-13(11-21-16)10-12-6-8-15(9-7-12)22(19,20)14-4-2-1-3-5-14/h1-9,11H,10H2. The summed E-state index contributed by atoms with van der Waals surface area (Å²) in [4.78, 5) is 4.96. The second-order valence-electron chi connectivity index (χ2n) is 4.73. The molecule has 0 aliphatic carbocycles. The lowest BCUT2D eigenvalue weighted by Gasteiger charge is -2.05. The van der Waals surface area contributed by atoms with Gasteiger partial charge in [-0.05, 0) is 45.8 Å². The Morgan fingerprint density at radius 1 is 0.955 bits per heavy atom. The van der Waals surface area contributed by atoms with Gasteiger partial charge in [-0.2, -0.15) is 0 Å². The number of thiazole rings is 1. The Morgan fingerprint density at radius 2 is 1.59 bits per heavy atom. The number of hydrogen-bond donors (Lipinski definition) is 0. The van der Waals surface area contributed by atoms with Gasteiger partial charge in [0.25, 0.3) is 0 Å². The molecule has 3 aromatic rings. The summed E-state index contributed by atoms with van der Waals surface area (Å²) in [5, 5.41) is 1.98. The summed E-state index contributed by atoms with van der Waals surface area (Å²) >= 11 is 4.88. The molecule has 3 rings (SSSR count). The van der Waals surface area contributed by atoms with E-state index >= 15 is 0 Å². The van der Waals surface area contributed by atoms with Crippen LogP contribution in [-0.4, -0.2) is 13.4 Å². The molecule has 6 heteroatoms. The van der Waals surface area contributed by atoms with Gasteiger partial charge in [0, 0.05) is 11.8 Å². The average molecular weight is 394 g/mol. The molecule has 0 saturated heterocycles. The number of nitrogens with zero attached hydrogens (tertiary/aromatic N) is 1. The third kappa shape index (κ3) is 3.29. The van der Waals surface area contributed by atoms with Gasteiger partial charge in [-0.3, -0.25) is 0 Å². The van der Waals surface area contributed by atoms with Crippen molar-refractivity contribution in [2.75, 3.05) is 0 Å². The van der Waals surface area contributed by atoms with Crippen molar-refractivity contribution in [3.05, 3.63) is 75.2 Å². The van der Waals surface area contributed by atoms with Crippen LogP contribution in [-0.2, 0) is 16.3 Å². The van der Waals surface area contributed by atoms with Crippen LogP contribution in [0, 0.1) is 0 Å². The lowest BCUT2D eigenvalue weighted by Crippen LogP contribution is -2.02. The predicted octanol–water partition coefficient (Wildman–Crippen LogP) is 4.33. The van der Waals surface area contributed by atoms with E-state index in [-0.39, 0.29) is 0 Å². The van der Waals surface area contributed by atoms with E-state index in [1.165, 1.54) is 11.3 Å². The quantitative estimate of drug-likeness (QED) is 0.662. The summed E-state index contributed by atoms with van der Waals surface area (Å²) in [6.45, 7) is 0. The molecular formula is C16H12BrNO2S2. The molecule has 0 amide bonds. The van der Waals surface area contributed by atoms with E-state index in [1.54, 1.807) is 42.5 Å². The van der Waals surface area contributed by atoms with Crippen molar-refractivity contribution in [3.63, 3.8) is 0 Å². The first-order valence-electron chi connectivity index (χ1n) is 6.55. The molecule has 0 aliphatic heterocycles. The summed E-state index contributed by atoms with van der Waals surface area (Å²) in [5.74, 6) is 0. The largest absolute Gasteiger partial charge is 0.234 e. The van der Waals surface area contributed by atoms with Crippen molar-refractivity contribution in [3.8, 4) is 0 Å². The molecule has 2 aromatic carbocycles. The highest BCUT2D eigenvalue weighted by Gasteiger charge is 2.16. The van der Waals surface area contributed by atoms with Crippen molar-refractivity contribution in [2.24, 2.45) is 0 Å². The van der Waals surface area contributed by atoms with Crippen molar-refractivity contribution in [2.45, 2.75) is 16.2 Å². The Labute approximate surface area is 141 Å². The predicted molar refractivity (Wildman–Crippen MR) is 91.0 cm³/mol. The maximum Gasteiger partial charge on any atom is 0.206 e. The highest BCUT2D eigenvalue weighted by atomic mass is 79.9. The van der Waals surface area contributed by atoms with E-state index < -0.39 is 9.84 Å². The highest BCUT2D eigenvalue weighted by molar-refractivity contribution is 9.11. The Kier molecular flexibility index (Phi) is 4.42. The molecule has 1 heterocycles. The van der Waals surface area contributed by atoms with Crippen LogP contribution in [0.3, 0.4) is 0 Å². The molecule has 0 aliphatic rings. The fraction of sp³-hybridized carbons (Fsp3) is 0.0625. The molecule has 0 bridgehead atoms. The summed E-state index contributed by atoms with van der Waals surface area (Å²) in [7, 11) is -3.45. The SMILES string of the molecule is O=S(=O)(c1ccccc1)c1ccc(Cc2csc(Br)n2)cc1. The van der Waals surface area contributed by atoms with E-state index in [2.05, 4.69) is 20.9 Å². The lowest BCUT2D eigenvalue weighted by atomic mass is 10.1. The summed E-state index contributed by atoms with van der Waals surface area (Å²) < 4.78 is 25.8. The van der Waals surface area contributed by atoms with Gasteiger partial charge in [-0.15, -0.1) is 11.3 Å². The third-order valence-corrected chi connectivity index (χ3v) is 6.40. The van der Waals surface area contributed by atoms with E-state index in [4.69, 9.17) is 0 Å². The first-order chi connectivity index (χ1) is 10.6. The molecule has 0 spiro atoms. The summed E-state index contributed by atoms with van der Waals surface area (Å²) in [6.07, 6.45) is 0.688. The van der Waals surface area contributed by atoms with E-state index in [1.807, 2.05) is 17.5 Å². The number of aromatic nitrogens is 1.